The Morgan fingerprint density at radius 3 is 0.980 bits per heavy atom. The van der Waals surface area contributed by atoms with Gasteiger partial charge in [0.05, 0.1) is 18.8 Å². The van der Waals surface area contributed by atoms with Crippen LogP contribution in [-0.2, 0) is 4.79 Å². The van der Waals surface area contributed by atoms with Gasteiger partial charge in [0.2, 0.25) is 5.91 Å². The SMILES string of the molecule is CCCCCCCCCCCCCCCCCCCCCCC(O)C(O)C(CO)NC(=O)C(O)CCCCCCCCCCCCCCC. The van der Waals surface area contributed by atoms with Crippen molar-refractivity contribution >= 4 is 5.91 Å². The van der Waals surface area contributed by atoms with E-state index in [1.54, 1.807) is 0 Å². The average Bonchev–Trinajstić information content (AvgIpc) is 3.11. The van der Waals surface area contributed by atoms with Gasteiger partial charge in [0.1, 0.15) is 12.2 Å². The van der Waals surface area contributed by atoms with E-state index in [0.717, 1.165) is 38.5 Å². The van der Waals surface area contributed by atoms with Gasteiger partial charge in [-0.1, -0.05) is 226 Å². The van der Waals surface area contributed by atoms with Crippen LogP contribution in [-0.4, -0.2) is 57.3 Å². The number of hydrogen-bond acceptors (Lipinski definition) is 5. The second-order valence-corrected chi connectivity index (χ2v) is 15.4. The quantitative estimate of drug-likeness (QED) is 0.0409. The Balaban J connectivity index is 3.68. The molecule has 4 atom stereocenters. The number of unbranched alkanes of at least 4 members (excludes halogenated alkanes) is 31. The third-order valence-corrected chi connectivity index (χ3v) is 10.6. The minimum atomic E-state index is -1.25. The van der Waals surface area contributed by atoms with Crippen molar-refractivity contribution in [2.75, 3.05) is 6.61 Å². The van der Waals surface area contributed by atoms with Crippen LogP contribution in [0.1, 0.15) is 239 Å². The molecule has 0 aromatic heterocycles. The molecule has 294 valence electrons. The third-order valence-electron chi connectivity index (χ3n) is 10.6. The summed E-state index contributed by atoms with van der Waals surface area (Å²) in [6.07, 6.45) is 39.9. The molecule has 0 aliphatic rings. The Morgan fingerprint density at radius 2 is 0.694 bits per heavy atom. The third kappa shape index (κ3) is 32.9. The van der Waals surface area contributed by atoms with Gasteiger partial charge in [-0.05, 0) is 12.8 Å². The zero-order valence-electron chi connectivity index (χ0n) is 33.0. The van der Waals surface area contributed by atoms with Gasteiger partial charge in [-0.25, -0.2) is 0 Å². The summed E-state index contributed by atoms with van der Waals surface area (Å²) in [4.78, 5) is 12.5. The highest BCUT2D eigenvalue weighted by atomic mass is 16.3. The molecule has 0 aromatic carbocycles. The van der Waals surface area contributed by atoms with Crippen LogP contribution in [0, 0.1) is 0 Å². The largest absolute Gasteiger partial charge is 0.394 e. The number of aliphatic hydroxyl groups excluding tert-OH is 4. The highest BCUT2D eigenvalue weighted by Crippen LogP contribution is 2.17. The van der Waals surface area contributed by atoms with Crippen LogP contribution in [0.4, 0.5) is 0 Å². The fourth-order valence-corrected chi connectivity index (χ4v) is 7.05. The lowest BCUT2D eigenvalue weighted by Crippen LogP contribution is -2.53. The van der Waals surface area contributed by atoms with E-state index in [2.05, 4.69) is 19.2 Å². The van der Waals surface area contributed by atoms with Crippen molar-refractivity contribution in [3.05, 3.63) is 0 Å². The average molecular weight is 698 g/mol. The molecule has 0 aliphatic carbocycles. The smallest absolute Gasteiger partial charge is 0.249 e. The van der Waals surface area contributed by atoms with E-state index in [1.165, 1.54) is 173 Å². The van der Waals surface area contributed by atoms with Crippen molar-refractivity contribution in [1.82, 2.24) is 5.32 Å². The number of aliphatic hydroxyl groups is 4. The fourth-order valence-electron chi connectivity index (χ4n) is 7.05. The molecular weight excluding hydrogens is 610 g/mol. The predicted molar refractivity (Wildman–Crippen MR) is 210 cm³/mol. The molecule has 49 heavy (non-hydrogen) atoms. The summed E-state index contributed by atoms with van der Waals surface area (Å²) in [5.41, 5.74) is 0. The van der Waals surface area contributed by atoms with Crippen LogP contribution < -0.4 is 5.32 Å². The maximum absolute atomic E-state index is 12.5. The zero-order valence-corrected chi connectivity index (χ0v) is 33.0. The van der Waals surface area contributed by atoms with Crippen molar-refractivity contribution in [1.29, 1.82) is 0 Å². The van der Waals surface area contributed by atoms with E-state index in [4.69, 9.17) is 0 Å². The number of carbonyl (C=O) groups is 1. The van der Waals surface area contributed by atoms with Gasteiger partial charge in [-0.2, -0.15) is 0 Å². The number of carbonyl (C=O) groups excluding carboxylic acids is 1. The second-order valence-electron chi connectivity index (χ2n) is 15.4. The molecule has 0 heterocycles. The van der Waals surface area contributed by atoms with Gasteiger partial charge >= 0.3 is 0 Å². The van der Waals surface area contributed by atoms with E-state index < -0.39 is 36.9 Å². The Bertz CT molecular complexity index is 662. The first kappa shape index (κ1) is 48.3. The molecule has 0 aliphatic heterocycles. The first-order valence-corrected chi connectivity index (χ1v) is 21.9. The van der Waals surface area contributed by atoms with Gasteiger partial charge < -0.3 is 25.7 Å². The number of rotatable bonds is 40. The minimum Gasteiger partial charge on any atom is -0.394 e. The zero-order chi connectivity index (χ0) is 36.0. The molecule has 6 nitrogen and oxygen atoms in total. The summed E-state index contributed by atoms with van der Waals surface area (Å²) >= 11 is 0. The van der Waals surface area contributed by atoms with Crippen molar-refractivity contribution in [3.8, 4) is 0 Å². The van der Waals surface area contributed by atoms with Crippen LogP contribution in [0.3, 0.4) is 0 Å². The van der Waals surface area contributed by atoms with Crippen LogP contribution in [0.15, 0.2) is 0 Å². The van der Waals surface area contributed by atoms with Crippen molar-refractivity contribution in [2.24, 2.45) is 0 Å². The Hall–Kier alpha value is -0.690. The van der Waals surface area contributed by atoms with Crippen molar-refractivity contribution in [3.63, 3.8) is 0 Å². The Labute approximate surface area is 305 Å². The van der Waals surface area contributed by atoms with Gasteiger partial charge in [0, 0.05) is 0 Å². The highest BCUT2D eigenvalue weighted by molar-refractivity contribution is 5.80. The van der Waals surface area contributed by atoms with Crippen molar-refractivity contribution in [2.45, 2.75) is 263 Å². The summed E-state index contributed by atoms with van der Waals surface area (Å²) in [6.45, 7) is 4.06. The van der Waals surface area contributed by atoms with E-state index in [0.29, 0.717) is 12.8 Å². The Kier molecular flexibility index (Phi) is 38.0. The molecule has 1 amide bonds. The number of hydrogen-bond donors (Lipinski definition) is 5. The summed E-state index contributed by atoms with van der Waals surface area (Å²) in [7, 11) is 0. The molecule has 0 saturated heterocycles. The predicted octanol–water partition coefficient (Wildman–Crippen LogP) is 11.2. The minimum absolute atomic E-state index is 0.375. The lowest BCUT2D eigenvalue weighted by atomic mass is 9.99. The molecule has 6 heteroatoms. The Morgan fingerprint density at radius 1 is 0.429 bits per heavy atom. The van der Waals surface area contributed by atoms with Crippen LogP contribution >= 0.6 is 0 Å². The standard InChI is InChI=1S/C43H87NO5/c1-3-5-7-9-11-13-15-17-18-19-20-21-22-23-25-26-28-30-32-34-36-40(46)42(48)39(38-45)44-43(49)41(47)37-35-33-31-29-27-24-16-14-12-10-8-6-4-2/h39-42,45-48H,3-38H2,1-2H3,(H,44,49). The second kappa shape index (κ2) is 38.5. The molecular formula is C43H87NO5. The topological polar surface area (TPSA) is 110 Å². The van der Waals surface area contributed by atoms with Crippen LogP contribution in [0.5, 0.6) is 0 Å². The molecule has 0 spiro atoms. The van der Waals surface area contributed by atoms with Gasteiger partial charge in [-0.3, -0.25) is 4.79 Å². The maximum atomic E-state index is 12.5. The fraction of sp³-hybridized carbons (Fsp3) is 0.977. The van der Waals surface area contributed by atoms with E-state index in [1.807, 2.05) is 0 Å². The number of nitrogens with one attached hydrogen (secondary N) is 1. The van der Waals surface area contributed by atoms with E-state index >= 15 is 0 Å². The molecule has 0 bridgehead atoms. The first-order valence-electron chi connectivity index (χ1n) is 21.9. The molecule has 0 aromatic rings. The summed E-state index contributed by atoms with van der Waals surface area (Å²) < 4.78 is 0. The summed E-state index contributed by atoms with van der Waals surface area (Å²) in [6, 6.07) is -0.978. The molecule has 0 saturated carbocycles. The molecule has 0 fully saturated rings. The van der Waals surface area contributed by atoms with Crippen LogP contribution in [0.2, 0.25) is 0 Å². The van der Waals surface area contributed by atoms with Crippen molar-refractivity contribution < 1.29 is 25.2 Å². The van der Waals surface area contributed by atoms with Gasteiger partial charge in [0.25, 0.3) is 0 Å². The molecule has 5 N–H and O–H groups in total. The van der Waals surface area contributed by atoms with E-state index in [9.17, 15) is 25.2 Å². The first-order chi connectivity index (χ1) is 24.0. The van der Waals surface area contributed by atoms with Gasteiger partial charge in [0.15, 0.2) is 0 Å². The maximum Gasteiger partial charge on any atom is 0.249 e. The highest BCUT2D eigenvalue weighted by Gasteiger charge is 2.28. The monoisotopic (exact) mass is 698 g/mol. The molecule has 0 rings (SSSR count). The lowest BCUT2D eigenvalue weighted by Gasteiger charge is -2.27. The van der Waals surface area contributed by atoms with E-state index in [-0.39, 0.29) is 0 Å². The summed E-state index contributed by atoms with van der Waals surface area (Å²) in [5, 5.41) is 43.7. The molecule has 4 unspecified atom stereocenters. The normalized spacial score (nSPS) is 14.2. The van der Waals surface area contributed by atoms with Crippen LogP contribution in [0.25, 0.3) is 0 Å². The van der Waals surface area contributed by atoms with Gasteiger partial charge in [-0.15, -0.1) is 0 Å². The lowest BCUT2D eigenvalue weighted by molar-refractivity contribution is -0.132. The molecule has 0 radical (unpaired) electrons. The summed E-state index contributed by atoms with van der Waals surface area (Å²) in [5.74, 6) is -0.581. The number of amides is 1.